The zero-order valence-corrected chi connectivity index (χ0v) is 13.9. The molecule has 2 aromatic rings. The number of benzene rings is 2. The lowest BCUT2D eigenvalue weighted by Gasteiger charge is -2.15. The minimum absolute atomic E-state index is 0.463. The lowest BCUT2D eigenvalue weighted by atomic mass is 10.4. The third-order valence-electron chi connectivity index (χ3n) is 2.74. The summed E-state index contributed by atoms with van der Waals surface area (Å²) >= 11 is 0. The Morgan fingerprint density at radius 1 is 0.600 bits per heavy atom. The van der Waals surface area contributed by atoms with Crippen LogP contribution in [0.4, 0.5) is 12.3 Å². The summed E-state index contributed by atoms with van der Waals surface area (Å²) in [4.78, 5) is 0. The number of hydrogen-bond acceptors (Lipinski definition) is 0. The van der Waals surface area contributed by atoms with Gasteiger partial charge in [0.15, 0.2) is 0 Å². The summed E-state index contributed by atoms with van der Waals surface area (Å²) in [6, 6.07) is 17.3. The van der Waals surface area contributed by atoms with Gasteiger partial charge in [0.1, 0.15) is 0 Å². The van der Waals surface area contributed by atoms with Crippen LogP contribution in [0.1, 0.15) is 0 Å². The topological polar surface area (TPSA) is 0 Å². The highest BCUT2D eigenvalue weighted by atomic mass is 28.5. The maximum atomic E-state index is 11.9. The fourth-order valence-electron chi connectivity index (χ4n) is 1.57. The molecule has 0 unspecified atom stereocenters. The monoisotopic (exact) mass is 312 g/mol. The van der Waals surface area contributed by atoms with E-state index in [2.05, 4.69) is 50.0 Å². The summed E-state index contributed by atoms with van der Waals surface area (Å²) in [5.74, 6) is 0. The van der Waals surface area contributed by atoms with E-state index < -0.39 is 22.3 Å². The highest BCUT2D eigenvalue weighted by Gasteiger charge is 2.39. The first-order valence-corrected chi connectivity index (χ1v) is 11.5. The molecule has 0 aliphatic heterocycles. The predicted molar refractivity (Wildman–Crippen MR) is 84.6 cm³/mol. The van der Waals surface area contributed by atoms with E-state index in [1.54, 1.807) is 6.07 Å². The van der Waals surface area contributed by atoms with Crippen LogP contribution in [0, 0.1) is 0 Å². The largest absolute Gasteiger partial charge is 0.653 e. The minimum Gasteiger partial charge on any atom is -0.234 e. The van der Waals surface area contributed by atoms with Gasteiger partial charge in [-0.05, 0) is 0 Å². The van der Waals surface area contributed by atoms with E-state index in [1.165, 1.54) is 17.3 Å². The zero-order chi connectivity index (χ0) is 15.2. The van der Waals surface area contributed by atoms with Crippen molar-refractivity contribution in [3.63, 3.8) is 0 Å². The van der Waals surface area contributed by atoms with Gasteiger partial charge in [0.05, 0.1) is 8.07 Å². The van der Waals surface area contributed by atoms with Gasteiger partial charge < -0.3 is 0 Å². The Kier molecular flexibility index (Phi) is 5.77. The van der Waals surface area contributed by atoms with Crippen LogP contribution in [0.3, 0.4) is 0 Å². The maximum Gasteiger partial charge on any atom is 0.653 e. The molecule has 0 radical (unpaired) electrons. The fourth-order valence-corrected chi connectivity index (χ4v) is 3.33. The molecule has 2 aromatic carbocycles. The molecule has 108 valence electrons. The van der Waals surface area contributed by atoms with Gasteiger partial charge in [-0.15, -0.1) is 0 Å². The highest BCUT2D eigenvalue weighted by molar-refractivity contribution is 6.88. The molecule has 20 heavy (non-hydrogen) atoms. The van der Waals surface area contributed by atoms with Gasteiger partial charge in [-0.1, -0.05) is 85.5 Å². The Morgan fingerprint density at radius 2 is 0.950 bits per heavy atom. The van der Waals surface area contributed by atoms with Crippen LogP contribution in [0.25, 0.3) is 0 Å². The fraction of sp³-hybridized carbons (Fsp3) is 0.200. The van der Waals surface area contributed by atoms with Gasteiger partial charge in [0, 0.05) is 5.19 Å². The molecule has 0 saturated carbocycles. The van der Waals surface area contributed by atoms with Crippen molar-refractivity contribution in [2.45, 2.75) is 19.6 Å². The van der Waals surface area contributed by atoms with Gasteiger partial charge in [0.25, 0.3) is 0 Å². The van der Waals surface area contributed by atoms with E-state index in [4.69, 9.17) is 0 Å². The molecule has 0 amide bonds. The molecule has 2 rings (SSSR count). The molecule has 5 heteroatoms. The molecule has 0 aromatic heterocycles. The van der Waals surface area contributed by atoms with Crippen LogP contribution in [0.2, 0.25) is 19.6 Å². The Labute approximate surface area is 120 Å². The Balaban J connectivity index is 0.000000200. The van der Waals surface area contributed by atoms with E-state index in [0.29, 0.717) is 0 Å². The van der Waals surface area contributed by atoms with E-state index >= 15 is 0 Å². The van der Waals surface area contributed by atoms with E-state index in [9.17, 15) is 12.3 Å². The van der Waals surface area contributed by atoms with Crippen molar-refractivity contribution in [3.8, 4) is 0 Å². The SMILES string of the molecule is C[Si](C)(C)c1ccccc1.F[Si](F)(F)c1ccccc1. The molecular weight excluding hydrogens is 293 g/mol. The van der Waals surface area contributed by atoms with Crippen molar-refractivity contribution >= 4 is 27.5 Å². The molecule has 0 saturated heterocycles. The lowest BCUT2D eigenvalue weighted by Crippen LogP contribution is -2.37. The standard InChI is InChI=1S/C9H14Si.C6H5F3Si/c1-10(2,3)9-7-5-4-6-8-9;7-10(8,9)6-4-2-1-3-5-6/h4-8H,1-3H3;1-5H. The molecule has 0 spiro atoms. The summed E-state index contributed by atoms with van der Waals surface area (Å²) in [7, 11) is -6.57. The molecule has 0 atom stereocenters. The van der Waals surface area contributed by atoms with Crippen molar-refractivity contribution in [3.05, 3.63) is 60.7 Å². The van der Waals surface area contributed by atoms with Gasteiger partial charge in [0.2, 0.25) is 0 Å². The van der Waals surface area contributed by atoms with Gasteiger partial charge in [-0.25, -0.2) is 12.3 Å². The van der Waals surface area contributed by atoms with Crippen LogP contribution >= 0.6 is 0 Å². The quantitative estimate of drug-likeness (QED) is 0.581. The maximum absolute atomic E-state index is 11.9. The summed E-state index contributed by atoms with van der Waals surface area (Å²) < 4.78 is 35.8. The predicted octanol–water partition coefficient (Wildman–Crippen LogP) is 3.97. The molecule has 0 N–H and O–H groups in total. The second kappa shape index (κ2) is 6.90. The second-order valence-electron chi connectivity index (χ2n) is 5.48. The van der Waals surface area contributed by atoms with E-state index in [-0.39, 0.29) is 0 Å². The molecular formula is C15H19F3Si2. The summed E-state index contributed by atoms with van der Waals surface area (Å²) in [5, 5.41) is 1.07. The van der Waals surface area contributed by atoms with E-state index in [0.717, 1.165) is 12.1 Å². The lowest BCUT2D eigenvalue weighted by molar-refractivity contribution is 0.501. The number of halogens is 3. The van der Waals surface area contributed by atoms with Crippen molar-refractivity contribution < 1.29 is 12.3 Å². The van der Waals surface area contributed by atoms with Gasteiger partial charge >= 0.3 is 9.08 Å². The first-order chi connectivity index (χ1) is 9.21. The number of rotatable bonds is 2. The second-order valence-corrected chi connectivity index (χ2v) is 12.1. The highest BCUT2D eigenvalue weighted by Crippen LogP contribution is 2.07. The summed E-state index contributed by atoms with van der Waals surface area (Å²) in [5.41, 5.74) is 0. The van der Waals surface area contributed by atoms with Crippen LogP contribution < -0.4 is 10.4 Å². The average molecular weight is 312 g/mol. The summed E-state index contributed by atoms with van der Waals surface area (Å²) in [6.07, 6.45) is 0. The normalized spacial score (nSPS) is 11.5. The molecule has 0 aliphatic carbocycles. The summed E-state index contributed by atoms with van der Waals surface area (Å²) in [6.45, 7) is 7.09. The molecule has 0 fully saturated rings. The first-order valence-electron chi connectivity index (χ1n) is 6.39. The number of hydrogen-bond donors (Lipinski definition) is 0. The zero-order valence-electron chi connectivity index (χ0n) is 11.9. The van der Waals surface area contributed by atoms with Crippen LogP contribution in [-0.2, 0) is 0 Å². The van der Waals surface area contributed by atoms with Crippen molar-refractivity contribution in [2.75, 3.05) is 0 Å². The smallest absolute Gasteiger partial charge is 0.234 e. The van der Waals surface area contributed by atoms with Gasteiger partial charge in [-0.2, -0.15) is 0 Å². The van der Waals surface area contributed by atoms with E-state index in [1.807, 2.05) is 0 Å². The molecule has 0 nitrogen and oxygen atoms in total. The third-order valence-corrected chi connectivity index (χ3v) is 5.79. The molecule has 0 aliphatic rings. The van der Waals surface area contributed by atoms with Crippen LogP contribution in [0.15, 0.2) is 60.7 Å². The molecule has 0 bridgehead atoms. The Bertz CT molecular complexity index is 453. The molecule has 0 heterocycles. The Hall–Kier alpha value is -1.34. The van der Waals surface area contributed by atoms with Gasteiger partial charge in [-0.3, -0.25) is 0 Å². The third kappa shape index (κ3) is 5.75. The Morgan fingerprint density at radius 3 is 1.15 bits per heavy atom. The van der Waals surface area contributed by atoms with Crippen molar-refractivity contribution in [1.82, 2.24) is 0 Å². The minimum atomic E-state index is -5.53. The average Bonchev–Trinajstić information content (AvgIpc) is 2.40. The van der Waals surface area contributed by atoms with Crippen molar-refractivity contribution in [2.24, 2.45) is 0 Å². The van der Waals surface area contributed by atoms with Crippen LogP contribution in [0.5, 0.6) is 0 Å². The first kappa shape index (κ1) is 16.7. The van der Waals surface area contributed by atoms with Crippen molar-refractivity contribution in [1.29, 1.82) is 0 Å². The van der Waals surface area contributed by atoms with Crippen LogP contribution in [-0.4, -0.2) is 17.1 Å².